The van der Waals surface area contributed by atoms with Gasteiger partial charge in [-0.2, -0.15) is 0 Å². The van der Waals surface area contributed by atoms with Gasteiger partial charge in [0.25, 0.3) is 0 Å². The first-order chi connectivity index (χ1) is 10.1. The molecular formula is C17H16N2O2. The lowest BCUT2D eigenvalue weighted by Crippen LogP contribution is -1.96. The Morgan fingerprint density at radius 3 is 2.62 bits per heavy atom. The van der Waals surface area contributed by atoms with E-state index in [0.717, 1.165) is 17.1 Å². The monoisotopic (exact) mass is 280 g/mol. The number of aryl methyl sites for hydroxylation is 1. The molecule has 106 valence electrons. The van der Waals surface area contributed by atoms with Gasteiger partial charge < -0.3 is 9.14 Å². The van der Waals surface area contributed by atoms with Crippen LogP contribution in [0, 0.1) is 6.92 Å². The SMILES string of the molecule is CC(=O)c1ccc(OCc2cn3cc(C)ccc3n2)cc1. The first-order valence-electron chi connectivity index (χ1n) is 6.80. The van der Waals surface area contributed by atoms with Crippen LogP contribution in [0.2, 0.25) is 0 Å². The molecule has 0 fully saturated rings. The largest absolute Gasteiger partial charge is 0.487 e. The van der Waals surface area contributed by atoms with Gasteiger partial charge in [-0.1, -0.05) is 6.07 Å². The molecule has 2 heterocycles. The van der Waals surface area contributed by atoms with Crippen molar-refractivity contribution >= 4 is 11.4 Å². The number of ketones is 1. The molecule has 0 spiro atoms. The number of Topliss-reactive ketones (excluding diaryl/α,β-unsaturated/α-hetero) is 1. The van der Waals surface area contributed by atoms with Gasteiger partial charge in [-0.25, -0.2) is 4.98 Å². The third-order valence-corrected chi connectivity index (χ3v) is 3.30. The molecule has 4 nitrogen and oxygen atoms in total. The standard InChI is InChI=1S/C17H16N2O2/c1-12-3-8-17-18-15(10-19(17)9-12)11-21-16-6-4-14(5-7-16)13(2)20/h3-10H,11H2,1-2H3. The van der Waals surface area contributed by atoms with Crippen LogP contribution in [-0.4, -0.2) is 15.2 Å². The highest BCUT2D eigenvalue weighted by Gasteiger charge is 2.04. The summed E-state index contributed by atoms with van der Waals surface area (Å²) in [7, 11) is 0. The minimum absolute atomic E-state index is 0.0530. The average molecular weight is 280 g/mol. The summed E-state index contributed by atoms with van der Waals surface area (Å²) in [6, 6.07) is 11.2. The average Bonchev–Trinajstić information content (AvgIpc) is 2.87. The molecule has 0 aliphatic rings. The molecule has 0 unspecified atom stereocenters. The molecule has 2 aromatic heterocycles. The molecule has 1 aromatic carbocycles. The lowest BCUT2D eigenvalue weighted by Gasteiger charge is -2.04. The van der Waals surface area contributed by atoms with Crippen molar-refractivity contribution in [2.24, 2.45) is 0 Å². The number of imidazole rings is 1. The number of rotatable bonds is 4. The van der Waals surface area contributed by atoms with Crippen molar-refractivity contribution in [3.63, 3.8) is 0 Å². The van der Waals surface area contributed by atoms with Crippen molar-refractivity contribution in [2.45, 2.75) is 20.5 Å². The minimum atomic E-state index is 0.0530. The minimum Gasteiger partial charge on any atom is -0.487 e. The molecule has 21 heavy (non-hydrogen) atoms. The van der Waals surface area contributed by atoms with Crippen molar-refractivity contribution in [1.29, 1.82) is 0 Å². The zero-order chi connectivity index (χ0) is 14.8. The second kappa shape index (κ2) is 5.40. The van der Waals surface area contributed by atoms with Gasteiger partial charge in [0.2, 0.25) is 0 Å². The van der Waals surface area contributed by atoms with Gasteiger partial charge in [0.1, 0.15) is 18.0 Å². The van der Waals surface area contributed by atoms with E-state index in [1.54, 1.807) is 31.2 Å². The fourth-order valence-electron chi connectivity index (χ4n) is 2.17. The topological polar surface area (TPSA) is 43.6 Å². The summed E-state index contributed by atoms with van der Waals surface area (Å²) < 4.78 is 7.69. The van der Waals surface area contributed by atoms with Crippen LogP contribution in [0.5, 0.6) is 5.75 Å². The van der Waals surface area contributed by atoms with Crippen LogP contribution in [-0.2, 0) is 6.61 Å². The molecule has 4 heteroatoms. The van der Waals surface area contributed by atoms with Crippen LogP contribution in [0.4, 0.5) is 0 Å². The predicted octanol–water partition coefficient (Wildman–Crippen LogP) is 3.42. The van der Waals surface area contributed by atoms with Gasteiger partial charge in [-0.3, -0.25) is 4.79 Å². The molecule has 0 N–H and O–H groups in total. The lowest BCUT2D eigenvalue weighted by atomic mass is 10.1. The lowest BCUT2D eigenvalue weighted by molar-refractivity contribution is 0.101. The van der Waals surface area contributed by atoms with E-state index in [2.05, 4.69) is 4.98 Å². The van der Waals surface area contributed by atoms with Crippen molar-refractivity contribution in [3.8, 4) is 5.75 Å². The normalized spacial score (nSPS) is 10.8. The number of nitrogens with zero attached hydrogens (tertiary/aromatic N) is 2. The summed E-state index contributed by atoms with van der Waals surface area (Å²) >= 11 is 0. The summed E-state index contributed by atoms with van der Waals surface area (Å²) in [5, 5.41) is 0. The Labute approximate surface area is 123 Å². The molecule has 0 amide bonds. The zero-order valence-corrected chi connectivity index (χ0v) is 12.0. The van der Waals surface area contributed by atoms with E-state index in [-0.39, 0.29) is 5.78 Å². The molecule has 0 aliphatic heterocycles. The van der Waals surface area contributed by atoms with Gasteiger partial charge in [-0.05, 0) is 49.7 Å². The van der Waals surface area contributed by atoms with Crippen molar-refractivity contribution in [1.82, 2.24) is 9.38 Å². The van der Waals surface area contributed by atoms with Gasteiger partial charge >= 0.3 is 0 Å². The Bertz CT molecular complexity index is 788. The number of carbonyl (C=O) groups excluding carboxylic acids is 1. The Hall–Kier alpha value is -2.62. The summed E-state index contributed by atoms with van der Waals surface area (Å²) in [6.07, 6.45) is 4.00. The number of aromatic nitrogens is 2. The van der Waals surface area contributed by atoms with Crippen LogP contribution < -0.4 is 4.74 Å². The van der Waals surface area contributed by atoms with Crippen LogP contribution in [0.3, 0.4) is 0 Å². The third kappa shape index (κ3) is 2.94. The predicted molar refractivity (Wildman–Crippen MR) is 80.7 cm³/mol. The summed E-state index contributed by atoms with van der Waals surface area (Å²) in [6.45, 7) is 4.00. The fourth-order valence-corrected chi connectivity index (χ4v) is 2.17. The van der Waals surface area contributed by atoms with Gasteiger partial charge in [0.05, 0.1) is 5.69 Å². The van der Waals surface area contributed by atoms with Crippen LogP contribution in [0.25, 0.3) is 5.65 Å². The van der Waals surface area contributed by atoms with Crippen molar-refractivity contribution < 1.29 is 9.53 Å². The molecule has 0 saturated heterocycles. The van der Waals surface area contributed by atoms with Crippen molar-refractivity contribution in [3.05, 3.63) is 65.6 Å². The van der Waals surface area contributed by atoms with E-state index in [1.165, 1.54) is 5.56 Å². The maximum atomic E-state index is 11.2. The quantitative estimate of drug-likeness (QED) is 0.688. The smallest absolute Gasteiger partial charge is 0.159 e. The highest BCUT2D eigenvalue weighted by molar-refractivity contribution is 5.94. The van der Waals surface area contributed by atoms with Crippen LogP contribution in [0.15, 0.2) is 48.8 Å². The third-order valence-electron chi connectivity index (χ3n) is 3.30. The molecule has 0 aliphatic carbocycles. The van der Waals surface area contributed by atoms with E-state index >= 15 is 0 Å². The number of hydrogen-bond donors (Lipinski definition) is 0. The van der Waals surface area contributed by atoms with Crippen LogP contribution >= 0.6 is 0 Å². The maximum Gasteiger partial charge on any atom is 0.159 e. The molecule has 0 bridgehead atoms. The summed E-state index contributed by atoms with van der Waals surface area (Å²) in [5.41, 5.74) is 3.65. The van der Waals surface area contributed by atoms with Gasteiger partial charge in [0.15, 0.2) is 5.78 Å². The number of ether oxygens (including phenoxy) is 1. The second-order valence-corrected chi connectivity index (χ2v) is 5.07. The highest BCUT2D eigenvalue weighted by Crippen LogP contribution is 2.15. The Morgan fingerprint density at radius 2 is 1.90 bits per heavy atom. The molecular weight excluding hydrogens is 264 g/mol. The van der Waals surface area contributed by atoms with E-state index in [0.29, 0.717) is 12.2 Å². The number of hydrogen-bond acceptors (Lipinski definition) is 3. The first kappa shape index (κ1) is 13.4. The maximum absolute atomic E-state index is 11.2. The Kier molecular flexibility index (Phi) is 3.44. The zero-order valence-electron chi connectivity index (χ0n) is 12.0. The van der Waals surface area contributed by atoms with E-state index in [1.807, 2.05) is 35.9 Å². The number of pyridine rings is 1. The van der Waals surface area contributed by atoms with Gasteiger partial charge in [0, 0.05) is 18.0 Å². The number of carbonyl (C=O) groups is 1. The molecule has 0 atom stereocenters. The molecule has 3 rings (SSSR count). The van der Waals surface area contributed by atoms with Crippen molar-refractivity contribution in [2.75, 3.05) is 0 Å². The van der Waals surface area contributed by atoms with Crippen LogP contribution in [0.1, 0.15) is 28.5 Å². The molecule has 0 radical (unpaired) electrons. The van der Waals surface area contributed by atoms with Gasteiger partial charge in [-0.15, -0.1) is 0 Å². The summed E-state index contributed by atoms with van der Waals surface area (Å²) in [5.74, 6) is 0.783. The summed E-state index contributed by atoms with van der Waals surface area (Å²) in [4.78, 5) is 15.7. The fraction of sp³-hybridized carbons (Fsp3) is 0.176. The molecule has 0 saturated carbocycles. The Balaban J connectivity index is 1.72. The second-order valence-electron chi connectivity index (χ2n) is 5.07. The van der Waals surface area contributed by atoms with E-state index in [9.17, 15) is 4.79 Å². The Morgan fingerprint density at radius 1 is 1.14 bits per heavy atom. The van der Waals surface area contributed by atoms with E-state index in [4.69, 9.17) is 4.74 Å². The first-order valence-corrected chi connectivity index (χ1v) is 6.80. The van der Waals surface area contributed by atoms with E-state index < -0.39 is 0 Å². The number of fused-ring (bicyclic) bond motifs is 1. The molecule has 3 aromatic rings. The number of benzene rings is 1. The highest BCUT2D eigenvalue weighted by atomic mass is 16.5.